The van der Waals surface area contributed by atoms with Crippen LogP contribution in [0.25, 0.3) is 0 Å². The first-order valence-electron chi connectivity index (χ1n) is 6.66. The number of nitrogens with one attached hydrogen (secondary N) is 1. The highest BCUT2D eigenvalue weighted by atomic mass is 16.6. The molecular formula is C14H20N2O4. The molecule has 1 aliphatic heterocycles. The summed E-state index contributed by atoms with van der Waals surface area (Å²) in [5, 5.41) is 2.79. The number of hydrogen-bond donors (Lipinski definition) is 1. The number of amides is 2. The van der Waals surface area contributed by atoms with Crippen LogP contribution in [0.3, 0.4) is 0 Å². The number of carbonyl (C=O) groups is 2. The van der Waals surface area contributed by atoms with Crippen molar-refractivity contribution in [3.05, 3.63) is 24.2 Å². The van der Waals surface area contributed by atoms with Crippen molar-refractivity contribution < 1.29 is 18.7 Å². The lowest BCUT2D eigenvalue weighted by atomic mass is 10.2. The molecular weight excluding hydrogens is 260 g/mol. The fourth-order valence-electron chi connectivity index (χ4n) is 2.11. The quantitative estimate of drug-likeness (QED) is 0.899. The SMILES string of the molecule is CC(C)(C)OC(=O)N[C@H]1CCN(C(=O)c2ccoc2)C1. The molecule has 1 atom stereocenters. The number of alkyl carbamates (subject to hydrolysis) is 1. The molecule has 2 rings (SSSR count). The van der Waals surface area contributed by atoms with Crippen LogP contribution in [0.4, 0.5) is 4.79 Å². The number of likely N-dealkylation sites (tertiary alicyclic amines) is 1. The van der Waals surface area contributed by atoms with Crippen LogP contribution < -0.4 is 5.32 Å². The zero-order valence-corrected chi connectivity index (χ0v) is 12.0. The van der Waals surface area contributed by atoms with E-state index in [2.05, 4.69) is 5.32 Å². The van der Waals surface area contributed by atoms with Crippen molar-refractivity contribution in [1.29, 1.82) is 0 Å². The average Bonchev–Trinajstić information content (AvgIpc) is 2.95. The standard InChI is InChI=1S/C14H20N2O4/c1-14(2,3)20-13(18)15-11-4-6-16(8-11)12(17)10-5-7-19-9-10/h5,7,9,11H,4,6,8H2,1-3H3,(H,15,18)/t11-/m0/s1. The molecule has 0 spiro atoms. The number of nitrogens with zero attached hydrogens (tertiary/aromatic N) is 1. The molecule has 2 heterocycles. The topological polar surface area (TPSA) is 71.8 Å². The Hall–Kier alpha value is -1.98. The van der Waals surface area contributed by atoms with Crippen LogP contribution in [0.2, 0.25) is 0 Å². The molecule has 1 aliphatic rings. The van der Waals surface area contributed by atoms with E-state index in [0.717, 1.165) is 6.42 Å². The number of carbonyl (C=O) groups excluding carboxylic acids is 2. The van der Waals surface area contributed by atoms with Gasteiger partial charge in [-0.3, -0.25) is 4.79 Å². The minimum atomic E-state index is -0.519. The van der Waals surface area contributed by atoms with E-state index in [9.17, 15) is 9.59 Å². The fraction of sp³-hybridized carbons (Fsp3) is 0.571. The molecule has 0 aromatic carbocycles. The Morgan fingerprint density at radius 1 is 1.45 bits per heavy atom. The number of rotatable bonds is 2. The van der Waals surface area contributed by atoms with Gasteiger partial charge in [0.05, 0.1) is 17.9 Å². The molecule has 0 saturated carbocycles. The maximum atomic E-state index is 12.1. The van der Waals surface area contributed by atoms with E-state index in [0.29, 0.717) is 18.7 Å². The Morgan fingerprint density at radius 2 is 2.20 bits per heavy atom. The van der Waals surface area contributed by atoms with Gasteiger partial charge in [-0.25, -0.2) is 4.79 Å². The molecule has 0 radical (unpaired) electrons. The number of furan rings is 1. The van der Waals surface area contributed by atoms with E-state index in [1.165, 1.54) is 12.5 Å². The lowest BCUT2D eigenvalue weighted by molar-refractivity contribution is 0.0502. The summed E-state index contributed by atoms with van der Waals surface area (Å²) < 4.78 is 10.1. The molecule has 1 N–H and O–H groups in total. The first kappa shape index (κ1) is 14.4. The maximum Gasteiger partial charge on any atom is 0.407 e. The van der Waals surface area contributed by atoms with Crippen molar-refractivity contribution in [3.63, 3.8) is 0 Å². The van der Waals surface area contributed by atoms with Crippen LogP contribution in [-0.4, -0.2) is 41.6 Å². The number of hydrogen-bond acceptors (Lipinski definition) is 4. The van der Waals surface area contributed by atoms with Crippen molar-refractivity contribution in [2.24, 2.45) is 0 Å². The first-order chi connectivity index (χ1) is 9.35. The molecule has 2 amide bonds. The summed E-state index contributed by atoms with van der Waals surface area (Å²) in [6.07, 6.45) is 3.18. The summed E-state index contributed by atoms with van der Waals surface area (Å²) >= 11 is 0. The van der Waals surface area contributed by atoms with E-state index in [4.69, 9.17) is 9.15 Å². The molecule has 1 fully saturated rings. The van der Waals surface area contributed by atoms with Crippen LogP contribution in [0.1, 0.15) is 37.6 Å². The van der Waals surface area contributed by atoms with Crippen LogP contribution in [0.5, 0.6) is 0 Å². The highest BCUT2D eigenvalue weighted by molar-refractivity contribution is 5.94. The van der Waals surface area contributed by atoms with Gasteiger partial charge >= 0.3 is 6.09 Å². The van der Waals surface area contributed by atoms with Gasteiger partial charge in [0.2, 0.25) is 0 Å². The third kappa shape index (κ3) is 3.76. The summed E-state index contributed by atoms with van der Waals surface area (Å²) in [6.45, 7) is 6.55. The Bertz CT molecular complexity index is 476. The van der Waals surface area contributed by atoms with Gasteiger partial charge in [-0.15, -0.1) is 0 Å². The molecule has 6 heteroatoms. The minimum Gasteiger partial charge on any atom is -0.472 e. The molecule has 1 aromatic rings. The van der Waals surface area contributed by atoms with Crippen LogP contribution >= 0.6 is 0 Å². The summed E-state index contributed by atoms with van der Waals surface area (Å²) in [6, 6.07) is 1.57. The van der Waals surface area contributed by atoms with E-state index in [1.54, 1.807) is 11.0 Å². The van der Waals surface area contributed by atoms with Gasteiger partial charge in [0.15, 0.2) is 0 Å². The van der Waals surface area contributed by atoms with E-state index in [1.807, 2.05) is 20.8 Å². The Morgan fingerprint density at radius 3 is 2.80 bits per heavy atom. The average molecular weight is 280 g/mol. The van der Waals surface area contributed by atoms with E-state index >= 15 is 0 Å². The lowest BCUT2D eigenvalue weighted by Crippen LogP contribution is -2.41. The molecule has 0 aliphatic carbocycles. The Balaban J connectivity index is 1.84. The highest BCUT2D eigenvalue weighted by Gasteiger charge is 2.29. The van der Waals surface area contributed by atoms with Crippen LogP contribution in [-0.2, 0) is 4.74 Å². The summed E-state index contributed by atoms with van der Waals surface area (Å²) in [7, 11) is 0. The Kier molecular flexibility index (Phi) is 4.01. The largest absolute Gasteiger partial charge is 0.472 e. The van der Waals surface area contributed by atoms with Crippen molar-refractivity contribution in [3.8, 4) is 0 Å². The predicted octanol–water partition coefficient (Wildman–Crippen LogP) is 2.02. The predicted molar refractivity (Wildman–Crippen MR) is 72.4 cm³/mol. The van der Waals surface area contributed by atoms with Gasteiger partial charge in [-0.05, 0) is 33.3 Å². The molecule has 1 aromatic heterocycles. The normalized spacial score (nSPS) is 18.9. The van der Waals surface area contributed by atoms with Gasteiger partial charge < -0.3 is 19.4 Å². The number of ether oxygens (including phenoxy) is 1. The molecule has 0 unspecified atom stereocenters. The second-order valence-electron chi connectivity index (χ2n) is 5.90. The minimum absolute atomic E-state index is 0.0688. The van der Waals surface area contributed by atoms with Crippen molar-refractivity contribution in [2.75, 3.05) is 13.1 Å². The first-order valence-corrected chi connectivity index (χ1v) is 6.66. The maximum absolute atomic E-state index is 12.1. The molecule has 1 saturated heterocycles. The van der Waals surface area contributed by atoms with Crippen molar-refractivity contribution in [1.82, 2.24) is 10.2 Å². The smallest absolute Gasteiger partial charge is 0.407 e. The van der Waals surface area contributed by atoms with E-state index < -0.39 is 11.7 Å². The van der Waals surface area contributed by atoms with Crippen molar-refractivity contribution >= 4 is 12.0 Å². The molecule has 20 heavy (non-hydrogen) atoms. The van der Waals surface area contributed by atoms with Gasteiger partial charge in [-0.2, -0.15) is 0 Å². The van der Waals surface area contributed by atoms with Crippen LogP contribution in [0.15, 0.2) is 23.0 Å². The summed E-state index contributed by atoms with van der Waals surface area (Å²) in [5.41, 5.74) is 0.0116. The third-order valence-corrected chi connectivity index (χ3v) is 2.96. The second kappa shape index (κ2) is 5.56. The van der Waals surface area contributed by atoms with Gasteiger partial charge in [-0.1, -0.05) is 0 Å². The summed E-state index contributed by atoms with van der Waals surface area (Å²) in [4.78, 5) is 25.5. The van der Waals surface area contributed by atoms with Gasteiger partial charge in [0.25, 0.3) is 5.91 Å². The third-order valence-electron chi connectivity index (χ3n) is 2.96. The van der Waals surface area contributed by atoms with Gasteiger partial charge in [0, 0.05) is 13.1 Å². The van der Waals surface area contributed by atoms with Gasteiger partial charge in [0.1, 0.15) is 11.9 Å². The van der Waals surface area contributed by atoms with E-state index in [-0.39, 0.29) is 11.9 Å². The summed E-state index contributed by atoms with van der Waals surface area (Å²) in [5.74, 6) is -0.0766. The molecule has 0 bridgehead atoms. The second-order valence-corrected chi connectivity index (χ2v) is 5.90. The monoisotopic (exact) mass is 280 g/mol. The van der Waals surface area contributed by atoms with Crippen molar-refractivity contribution in [2.45, 2.75) is 38.8 Å². The molecule has 6 nitrogen and oxygen atoms in total. The fourth-order valence-corrected chi connectivity index (χ4v) is 2.11. The zero-order valence-electron chi connectivity index (χ0n) is 12.0. The Labute approximate surface area is 118 Å². The lowest BCUT2D eigenvalue weighted by Gasteiger charge is -2.22. The zero-order chi connectivity index (χ0) is 14.8. The highest BCUT2D eigenvalue weighted by Crippen LogP contribution is 2.15. The van der Waals surface area contributed by atoms with Crippen LogP contribution in [0, 0.1) is 0 Å². The molecule has 110 valence electrons.